The van der Waals surface area contributed by atoms with Gasteiger partial charge in [0.25, 0.3) is 11.8 Å². The fourth-order valence-electron chi connectivity index (χ4n) is 3.88. The number of thiocarbonyl (C=S) groups is 1. The van der Waals surface area contributed by atoms with Gasteiger partial charge in [0.05, 0.1) is 24.3 Å². The molecule has 1 N–H and O–H groups in total. The monoisotopic (exact) mass is 548 g/mol. The smallest absolute Gasteiger partial charge is 0.270 e. The van der Waals surface area contributed by atoms with Crippen molar-refractivity contribution in [1.29, 1.82) is 0 Å². The average Bonchev–Trinajstić information content (AvgIpc) is 3.17. The topological polar surface area (TPSA) is 77.1 Å². The van der Waals surface area contributed by atoms with Gasteiger partial charge in [-0.25, -0.2) is 0 Å². The minimum atomic E-state index is -0.277. The first kappa shape index (κ1) is 27.2. The zero-order chi connectivity index (χ0) is 27.2. The predicted molar refractivity (Wildman–Crippen MR) is 156 cm³/mol. The Morgan fingerprint density at radius 3 is 2.47 bits per heavy atom. The fraction of sp³-hybridized carbons (Fsp3) is 0.207. The summed E-state index contributed by atoms with van der Waals surface area (Å²) in [5.74, 6) is 1.12. The fourth-order valence-corrected chi connectivity index (χ4v) is 5.18. The number of hydrogen-bond acceptors (Lipinski definition) is 7. The molecule has 0 radical (unpaired) electrons. The molecular weight excluding hydrogens is 520 g/mol. The second kappa shape index (κ2) is 12.1. The van der Waals surface area contributed by atoms with Crippen LogP contribution in [0.3, 0.4) is 0 Å². The number of anilines is 2. The lowest BCUT2D eigenvalue weighted by Gasteiger charge is -2.15. The van der Waals surface area contributed by atoms with E-state index >= 15 is 0 Å². The molecule has 3 aromatic rings. The first-order valence-corrected chi connectivity index (χ1v) is 13.2. The molecule has 1 aliphatic rings. The minimum Gasteiger partial charge on any atom is -0.494 e. The standard InChI is InChI=1S/C29H28N2O5S2/c1-5-35-22-10-8-21(9-11-22)31-28(33)26(38-29(31)37)16-20-7-13-24(25(15-20)34-4)36-17-27(32)30-23-12-6-18(2)14-19(23)3/h6-16H,5,17H2,1-4H3,(H,30,32)/b26-16-. The number of carbonyl (C=O) groups excluding carboxylic acids is 2. The molecule has 0 aromatic heterocycles. The van der Waals surface area contributed by atoms with Crippen molar-refractivity contribution >= 4 is 57.6 Å². The highest BCUT2D eigenvalue weighted by atomic mass is 32.2. The first-order chi connectivity index (χ1) is 18.3. The van der Waals surface area contributed by atoms with E-state index in [9.17, 15) is 9.59 Å². The number of nitrogens with zero attached hydrogens (tertiary/aromatic N) is 1. The predicted octanol–water partition coefficient (Wildman–Crippen LogP) is 6.13. The Morgan fingerprint density at radius 1 is 1.03 bits per heavy atom. The Morgan fingerprint density at radius 2 is 1.79 bits per heavy atom. The summed E-state index contributed by atoms with van der Waals surface area (Å²) in [6.07, 6.45) is 1.76. The molecule has 0 unspecified atom stereocenters. The summed E-state index contributed by atoms with van der Waals surface area (Å²) >= 11 is 6.71. The number of benzene rings is 3. The number of rotatable bonds is 9. The van der Waals surface area contributed by atoms with E-state index in [2.05, 4.69) is 5.32 Å². The number of amides is 2. The lowest BCUT2D eigenvalue weighted by molar-refractivity contribution is -0.118. The highest BCUT2D eigenvalue weighted by molar-refractivity contribution is 8.27. The summed E-state index contributed by atoms with van der Waals surface area (Å²) in [7, 11) is 1.52. The number of hydrogen-bond donors (Lipinski definition) is 1. The van der Waals surface area contributed by atoms with Crippen LogP contribution in [-0.4, -0.2) is 36.5 Å². The van der Waals surface area contributed by atoms with Crippen molar-refractivity contribution in [2.24, 2.45) is 0 Å². The van der Waals surface area contributed by atoms with E-state index in [4.69, 9.17) is 26.4 Å². The minimum absolute atomic E-state index is 0.177. The molecule has 38 heavy (non-hydrogen) atoms. The van der Waals surface area contributed by atoms with Gasteiger partial charge in [0.15, 0.2) is 22.4 Å². The number of nitrogens with one attached hydrogen (secondary N) is 1. The first-order valence-electron chi connectivity index (χ1n) is 12.0. The van der Waals surface area contributed by atoms with E-state index in [0.717, 1.165) is 28.1 Å². The van der Waals surface area contributed by atoms with Crippen molar-refractivity contribution in [3.63, 3.8) is 0 Å². The number of methoxy groups -OCH3 is 1. The molecule has 0 aliphatic carbocycles. The summed E-state index contributed by atoms with van der Waals surface area (Å²) in [4.78, 5) is 27.6. The largest absolute Gasteiger partial charge is 0.494 e. The molecule has 0 atom stereocenters. The van der Waals surface area contributed by atoms with Gasteiger partial charge in [0.1, 0.15) is 5.75 Å². The highest BCUT2D eigenvalue weighted by Crippen LogP contribution is 2.37. The van der Waals surface area contributed by atoms with Crippen LogP contribution in [0.2, 0.25) is 0 Å². The maximum atomic E-state index is 13.1. The van der Waals surface area contributed by atoms with Gasteiger partial charge >= 0.3 is 0 Å². The van der Waals surface area contributed by atoms with Gasteiger partial charge in [-0.3, -0.25) is 14.5 Å². The molecule has 1 fully saturated rings. The third kappa shape index (κ3) is 6.35. The van der Waals surface area contributed by atoms with Crippen molar-refractivity contribution in [2.45, 2.75) is 20.8 Å². The third-order valence-electron chi connectivity index (χ3n) is 5.70. The van der Waals surface area contributed by atoms with E-state index in [1.165, 1.54) is 23.8 Å². The third-order valence-corrected chi connectivity index (χ3v) is 7.00. The van der Waals surface area contributed by atoms with Gasteiger partial charge in [0.2, 0.25) is 0 Å². The molecule has 1 heterocycles. The summed E-state index contributed by atoms with van der Waals surface area (Å²) in [5.41, 5.74) is 4.27. The molecule has 0 saturated carbocycles. The maximum absolute atomic E-state index is 13.1. The molecule has 7 nitrogen and oxygen atoms in total. The van der Waals surface area contributed by atoms with Crippen LogP contribution in [0.1, 0.15) is 23.6 Å². The Hall–Kier alpha value is -3.82. The van der Waals surface area contributed by atoms with Gasteiger partial charge in [-0.2, -0.15) is 0 Å². The summed E-state index contributed by atoms with van der Waals surface area (Å²) in [6.45, 7) is 6.25. The van der Waals surface area contributed by atoms with E-state index in [1.807, 2.05) is 63.2 Å². The maximum Gasteiger partial charge on any atom is 0.270 e. The van der Waals surface area contributed by atoms with Gasteiger partial charge in [-0.15, -0.1) is 0 Å². The van der Waals surface area contributed by atoms with Crippen LogP contribution in [-0.2, 0) is 9.59 Å². The van der Waals surface area contributed by atoms with Gasteiger partial charge < -0.3 is 19.5 Å². The molecule has 1 aliphatic heterocycles. The van der Waals surface area contributed by atoms with Crippen LogP contribution >= 0.6 is 24.0 Å². The Kier molecular flexibility index (Phi) is 8.70. The summed E-state index contributed by atoms with van der Waals surface area (Å²) < 4.78 is 17.1. The highest BCUT2D eigenvalue weighted by Gasteiger charge is 2.33. The lowest BCUT2D eigenvalue weighted by atomic mass is 10.1. The number of aryl methyl sites for hydroxylation is 2. The van der Waals surface area contributed by atoms with Crippen LogP contribution in [0.25, 0.3) is 6.08 Å². The normalized spacial score (nSPS) is 14.1. The molecule has 4 rings (SSSR count). The zero-order valence-corrected chi connectivity index (χ0v) is 23.2. The molecular formula is C29H28N2O5S2. The van der Waals surface area contributed by atoms with E-state index in [-0.39, 0.29) is 18.4 Å². The van der Waals surface area contributed by atoms with Crippen LogP contribution in [0.15, 0.2) is 65.6 Å². The molecule has 196 valence electrons. The Bertz CT molecular complexity index is 1400. The second-order valence-electron chi connectivity index (χ2n) is 8.51. The van der Waals surface area contributed by atoms with Gasteiger partial charge in [0, 0.05) is 5.69 Å². The average molecular weight is 549 g/mol. The summed E-state index contributed by atoms with van der Waals surface area (Å²) in [5, 5.41) is 2.86. The lowest BCUT2D eigenvalue weighted by Crippen LogP contribution is -2.27. The zero-order valence-electron chi connectivity index (χ0n) is 21.6. The molecule has 2 amide bonds. The van der Waals surface area contributed by atoms with Crippen molar-refractivity contribution in [3.05, 3.63) is 82.3 Å². The molecule has 9 heteroatoms. The van der Waals surface area contributed by atoms with Crippen molar-refractivity contribution in [1.82, 2.24) is 0 Å². The number of ether oxygens (including phenoxy) is 3. The number of thioether (sulfide) groups is 1. The van der Waals surface area contributed by atoms with E-state index in [0.29, 0.717) is 33.0 Å². The van der Waals surface area contributed by atoms with Crippen LogP contribution in [0.4, 0.5) is 11.4 Å². The molecule has 0 bridgehead atoms. The molecule has 3 aromatic carbocycles. The van der Waals surface area contributed by atoms with E-state index in [1.54, 1.807) is 24.3 Å². The van der Waals surface area contributed by atoms with Crippen molar-refractivity contribution in [2.75, 3.05) is 30.5 Å². The molecule has 1 saturated heterocycles. The Labute approximate surface area is 231 Å². The second-order valence-corrected chi connectivity index (χ2v) is 10.2. The van der Waals surface area contributed by atoms with Gasteiger partial charge in [-0.1, -0.05) is 47.7 Å². The van der Waals surface area contributed by atoms with Crippen LogP contribution in [0.5, 0.6) is 17.2 Å². The SMILES string of the molecule is CCOc1ccc(N2C(=O)/C(=C/c3ccc(OCC(=O)Nc4ccc(C)cc4C)c(OC)c3)SC2=S)cc1. The van der Waals surface area contributed by atoms with Gasteiger partial charge in [-0.05, 0) is 80.4 Å². The number of carbonyl (C=O) groups is 2. The van der Waals surface area contributed by atoms with Crippen molar-refractivity contribution in [3.8, 4) is 17.2 Å². The van der Waals surface area contributed by atoms with E-state index < -0.39 is 0 Å². The van der Waals surface area contributed by atoms with Crippen LogP contribution in [0, 0.1) is 13.8 Å². The van der Waals surface area contributed by atoms with Crippen molar-refractivity contribution < 1.29 is 23.8 Å². The Balaban J connectivity index is 1.44. The van der Waals surface area contributed by atoms with Crippen LogP contribution < -0.4 is 24.4 Å². The molecule has 0 spiro atoms. The summed E-state index contributed by atoms with van der Waals surface area (Å²) in [6, 6.07) is 18.3. The quantitative estimate of drug-likeness (QED) is 0.254.